The van der Waals surface area contributed by atoms with Gasteiger partial charge >= 0.3 is 5.97 Å². The molecule has 0 radical (unpaired) electrons. The molecule has 1 aliphatic carbocycles. The molecule has 1 aliphatic rings. The summed E-state index contributed by atoms with van der Waals surface area (Å²) < 4.78 is 5.08. The molecule has 0 amide bonds. The number of carbonyl (C=O) groups is 1. The van der Waals surface area contributed by atoms with Gasteiger partial charge in [0.2, 0.25) is 0 Å². The van der Waals surface area contributed by atoms with E-state index in [-0.39, 0.29) is 5.97 Å². The second-order valence-corrected chi connectivity index (χ2v) is 5.81. The van der Waals surface area contributed by atoms with Crippen molar-refractivity contribution in [2.45, 2.75) is 53.9 Å². The summed E-state index contributed by atoms with van der Waals surface area (Å²) in [6.45, 7) is 11.1. The lowest BCUT2D eigenvalue weighted by atomic mass is 9.85. The van der Waals surface area contributed by atoms with Crippen molar-refractivity contribution in [1.29, 1.82) is 0 Å². The van der Waals surface area contributed by atoms with E-state index in [0.29, 0.717) is 12.5 Å². The molecule has 0 aromatic carbocycles. The van der Waals surface area contributed by atoms with Gasteiger partial charge in [-0.15, -0.1) is 0 Å². The zero-order valence-corrected chi connectivity index (χ0v) is 11.9. The van der Waals surface area contributed by atoms with Crippen LogP contribution in [0.1, 0.15) is 53.9 Å². The Morgan fingerprint density at radius 1 is 1.41 bits per heavy atom. The Balaban J connectivity index is 2.53. The first-order chi connectivity index (χ1) is 7.91. The molecule has 0 aliphatic heterocycles. The van der Waals surface area contributed by atoms with Gasteiger partial charge in [0.05, 0.1) is 6.61 Å². The average Bonchev–Trinajstić information content (AvgIpc) is 2.58. The quantitative estimate of drug-likeness (QED) is 0.535. The highest BCUT2D eigenvalue weighted by atomic mass is 16.5. The van der Waals surface area contributed by atoms with Crippen LogP contribution in [0.25, 0.3) is 0 Å². The molecule has 0 N–H and O–H groups in total. The van der Waals surface area contributed by atoms with E-state index < -0.39 is 0 Å². The highest BCUT2D eigenvalue weighted by Gasteiger charge is 2.26. The van der Waals surface area contributed by atoms with Crippen LogP contribution in [0.15, 0.2) is 11.1 Å². The van der Waals surface area contributed by atoms with E-state index in [4.69, 9.17) is 4.74 Å². The molecule has 2 heteroatoms. The highest BCUT2D eigenvalue weighted by molar-refractivity contribution is 5.65. The number of ether oxygens (including phenoxy) is 1. The Bertz CT molecular complexity index is 302. The predicted octanol–water partition coefficient (Wildman–Crippen LogP) is 3.96. The molecule has 0 bridgehead atoms. The molecule has 98 valence electrons. The monoisotopic (exact) mass is 238 g/mol. The fraction of sp³-hybridized carbons (Fsp3) is 0.800. The van der Waals surface area contributed by atoms with Crippen molar-refractivity contribution in [2.75, 3.05) is 6.61 Å². The van der Waals surface area contributed by atoms with Crippen LogP contribution in [0.5, 0.6) is 0 Å². The number of esters is 1. The van der Waals surface area contributed by atoms with Crippen LogP contribution in [-0.4, -0.2) is 12.6 Å². The maximum absolute atomic E-state index is 10.8. The zero-order valence-electron chi connectivity index (χ0n) is 11.9. The van der Waals surface area contributed by atoms with Crippen molar-refractivity contribution < 1.29 is 9.53 Å². The first-order valence-corrected chi connectivity index (χ1v) is 6.73. The van der Waals surface area contributed by atoms with Gasteiger partial charge in [0.15, 0.2) is 0 Å². The smallest absolute Gasteiger partial charge is 0.302 e. The topological polar surface area (TPSA) is 26.3 Å². The zero-order chi connectivity index (χ0) is 13.0. The van der Waals surface area contributed by atoms with Crippen LogP contribution in [0.2, 0.25) is 0 Å². The van der Waals surface area contributed by atoms with Gasteiger partial charge < -0.3 is 4.74 Å². The fourth-order valence-corrected chi connectivity index (χ4v) is 2.78. The van der Waals surface area contributed by atoms with Gasteiger partial charge in [-0.05, 0) is 43.9 Å². The molecule has 0 heterocycles. The summed E-state index contributed by atoms with van der Waals surface area (Å²) in [6, 6.07) is 0. The summed E-state index contributed by atoms with van der Waals surface area (Å²) in [5.41, 5.74) is 3.19. The second kappa shape index (κ2) is 6.23. The minimum Gasteiger partial charge on any atom is -0.466 e. The largest absolute Gasteiger partial charge is 0.466 e. The number of hydrogen-bond acceptors (Lipinski definition) is 2. The Morgan fingerprint density at radius 3 is 2.59 bits per heavy atom. The maximum Gasteiger partial charge on any atom is 0.302 e. The molecule has 0 saturated carbocycles. The van der Waals surface area contributed by atoms with Crippen LogP contribution in [0.3, 0.4) is 0 Å². The molecule has 2 atom stereocenters. The molecule has 1 rings (SSSR count). The number of carbonyl (C=O) groups excluding carboxylic acids is 1. The van der Waals surface area contributed by atoms with Crippen molar-refractivity contribution in [3.8, 4) is 0 Å². The van der Waals surface area contributed by atoms with Gasteiger partial charge in [-0.3, -0.25) is 4.79 Å². The van der Waals surface area contributed by atoms with Gasteiger partial charge in [0.25, 0.3) is 0 Å². The van der Waals surface area contributed by atoms with E-state index in [2.05, 4.69) is 27.7 Å². The maximum atomic E-state index is 10.8. The lowest BCUT2D eigenvalue weighted by Crippen LogP contribution is -2.14. The van der Waals surface area contributed by atoms with Gasteiger partial charge in [-0.1, -0.05) is 31.9 Å². The molecular formula is C15H26O2. The molecule has 0 spiro atoms. The summed E-state index contributed by atoms with van der Waals surface area (Å²) in [5, 5.41) is 0. The van der Waals surface area contributed by atoms with Gasteiger partial charge in [-0.2, -0.15) is 0 Å². The molecule has 2 nitrogen and oxygen atoms in total. The summed E-state index contributed by atoms with van der Waals surface area (Å²) in [7, 11) is 0. The first kappa shape index (κ1) is 14.3. The minimum absolute atomic E-state index is 0.172. The number of hydrogen-bond donors (Lipinski definition) is 0. The van der Waals surface area contributed by atoms with Crippen LogP contribution < -0.4 is 0 Å². The fourth-order valence-electron chi connectivity index (χ4n) is 2.78. The van der Waals surface area contributed by atoms with Gasteiger partial charge in [0, 0.05) is 6.92 Å². The predicted molar refractivity (Wildman–Crippen MR) is 70.7 cm³/mol. The molecule has 2 unspecified atom stereocenters. The van der Waals surface area contributed by atoms with Crippen LogP contribution in [0, 0.1) is 17.8 Å². The molecular weight excluding hydrogens is 212 g/mol. The van der Waals surface area contributed by atoms with Gasteiger partial charge in [0.1, 0.15) is 0 Å². The summed E-state index contributed by atoms with van der Waals surface area (Å²) in [5.74, 6) is 1.73. The average molecular weight is 238 g/mol. The Hall–Kier alpha value is -0.790. The molecule has 0 aromatic heterocycles. The van der Waals surface area contributed by atoms with Crippen LogP contribution >= 0.6 is 0 Å². The van der Waals surface area contributed by atoms with E-state index >= 15 is 0 Å². The number of rotatable bonds is 5. The van der Waals surface area contributed by atoms with Crippen molar-refractivity contribution >= 4 is 5.97 Å². The highest BCUT2D eigenvalue weighted by Crippen LogP contribution is 2.39. The Labute approximate surface area is 105 Å². The summed E-state index contributed by atoms with van der Waals surface area (Å²) >= 11 is 0. The van der Waals surface area contributed by atoms with Gasteiger partial charge in [-0.25, -0.2) is 0 Å². The van der Waals surface area contributed by atoms with Crippen molar-refractivity contribution in [2.24, 2.45) is 17.8 Å². The Morgan fingerprint density at radius 2 is 2.06 bits per heavy atom. The van der Waals surface area contributed by atoms with E-state index in [1.165, 1.54) is 19.8 Å². The lowest BCUT2D eigenvalue weighted by molar-refractivity contribution is -0.142. The van der Waals surface area contributed by atoms with E-state index in [1.54, 1.807) is 11.1 Å². The third-order valence-electron chi connectivity index (χ3n) is 3.77. The lowest BCUT2D eigenvalue weighted by Gasteiger charge is -2.22. The minimum atomic E-state index is -0.172. The SMILES string of the molecule is CC(=O)OCC(C)CC1=C(C)CCC1C(C)C. The van der Waals surface area contributed by atoms with Crippen LogP contribution in [0.4, 0.5) is 0 Å². The molecule has 0 fully saturated rings. The summed E-state index contributed by atoms with van der Waals surface area (Å²) in [6.07, 6.45) is 3.64. The molecule has 17 heavy (non-hydrogen) atoms. The normalized spacial score (nSPS) is 22.1. The van der Waals surface area contributed by atoms with E-state index in [0.717, 1.165) is 18.3 Å². The third kappa shape index (κ3) is 4.18. The Kier molecular flexibility index (Phi) is 5.23. The first-order valence-electron chi connectivity index (χ1n) is 6.73. The standard InChI is InChI=1S/C15H26O2/c1-10(2)14-7-6-12(4)15(14)8-11(3)9-17-13(5)16/h10-11,14H,6-9H2,1-5H3. The summed E-state index contributed by atoms with van der Waals surface area (Å²) in [4.78, 5) is 10.8. The van der Waals surface area contributed by atoms with Crippen molar-refractivity contribution in [3.63, 3.8) is 0 Å². The third-order valence-corrected chi connectivity index (χ3v) is 3.77. The number of allylic oxidation sites excluding steroid dienone is 2. The molecule has 0 saturated heterocycles. The van der Waals surface area contributed by atoms with E-state index in [9.17, 15) is 4.79 Å². The second-order valence-electron chi connectivity index (χ2n) is 5.81. The van der Waals surface area contributed by atoms with E-state index in [1.807, 2.05) is 0 Å². The van der Waals surface area contributed by atoms with Crippen molar-refractivity contribution in [3.05, 3.63) is 11.1 Å². The van der Waals surface area contributed by atoms with Crippen molar-refractivity contribution in [1.82, 2.24) is 0 Å². The van der Waals surface area contributed by atoms with Crippen LogP contribution in [-0.2, 0) is 9.53 Å². The molecule has 0 aromatic rings.